The van der Waals surface area contributed by atoms with E-state index in [2.05, 4.69) is 24.5 Å². The van der Waals surface area contributed by atoms with Gasteiger partial charge in [-0.15, -0.1) is 0 Å². The lowest BCUT2D eigenvalue weighted by Gasteiger charge is -2.24. The van der Waals surface area contributed by atoms with E-state index in [1.807, 2.05) is 0 Å². The summed E-state index contributed by atoms with van der Waals surface area (Å²) in [5.41, 5.74) is 0. The molecule has 1 heterocycles. The van der Waals surface area contributed by atoms with Crippen LogP contribution in [0.4, 0.5) is 0 Å². The first kappa shape index (κ1) is 11.0. The van der Waals surface area contributed by atoms with E-state index in [1.165, 1.54) is 45.2 Å². The Bertz CT molecular complexity index is 119. The third-order valence-electron chi connectivity index (χ3n) is 3.01. The smallest absolute Gasteiger partial charge is 0.00791 e. The van der Waals surface area contributed by atoms with E-state index in [9.17, 15) is 0 Å². The summed E-state index contributed by atoms with van der Waals surface area (Å²) in [7, 11) is 0. The molecule has 1 aliphatic rings. The van der Waals surface area contributed by atoms with Crippen LogP contribution in [0.15, 0.2) is 0 Å². The maximum absolute atomic E-state index is 3.57. The molecule has 0 spiro atoms. The second-order valence-corrected chi connectivity index (χ2v) is 4.20. The molecule has 0 radical (unpaired) electrons. The summed E-state index contributed by atoms with van der Waals surface area (Å²) in [6, 6.07) is 1.47. The lowest BCUT2D eigenvalue weighted by molar-refractivity contribution is 0.369. The predicted molar refractivity (Wildman–Crippen MR) is 58.0 cm³/mol. The largest absolute Gasteiger partial charge is 0.314 e. The van der Waals surface area contributed by atoms with Gasteiger partial charge in [0.25, 0.3) is 0 Å². The van der Waals surface area contributed by atoms with Gasteiger partial charge in [0.15, 0.2) is 0 Å². The zero-order valence-electron chi connectivity index (χ0n) is 9.10. The third-order valence-corrected chi connectivity index (χ3v) is 3.01. The van der Waals surface area contributed by atoms with Gasteiger partial charge in [0.05, 0.1) is 0 Å². The van der Waals surface area contributed by atoms with Crippen LogP contribution < -0.4 is 10.6 Å². The molecule has 0 aromatic rings. The van der Waals surface area contributed by atoms with Crippen molar-refractivity contribution in [2.75, 3.05) is 13.1 Å². The van der Waals surface area contributed by atoms with E-state index in [0.717, 1.165) is 6.04 Å². The average Bonchev–Trinajstić information content (AvgIpc) is 2.19. The fourth-order valence-corrected chi connectivity index (χ4v) is 1.82. The van der Waals surface area contributed by atoms with Gasteiger partial charge in [0.2, 0.25) is 0 Å². The lowest BCUT2D eigenvalue weighted by Crippen LogP contribution is -2.37. The number of rotatable bonds is 5. The molecule has 2 N–H and O–H groups in total. The van der Waals surface area contributed by atoms with Gasteiger partial charge in [-0.1, -0.05) is 13.3 Å². The molecule has 0 amide bonds. The second-order valence-electron chi connectivity index (χ2n) is 4.20. The molecule has 0 saturated carbocycles. The monoisotopic (exact) mass is 184 g/mol. The maximum atomic E-state index is 3.57. The van der Waals surface area contributed by atoms with Crippen molar-refractivity contribution in [1.29, 1.82) is 0 Å². The first-order chi connectivity index (χ1) is 6.33. The molecule has 1 aliphatic heterocycles. The van der Waals surface area contributed by atoms with Crippen LogP contribution in [0.25, 0.3) is 0 Å². The minimum atomic E-state index is 0.684. The Morgan fingerprint density at radius 1 is 1.46 bits per heavy atom. The van der Waals surface area contributed by atoms with Crippen LogP contribution >= 0.6 is 0 Å². The van der Waals surface area contributed by atoms with Gasteiger partial charge in [-0.2, -0.15) is 0 Å². The molecule has 1 fully saturated rings. The topological polar surface area (TPSA) is 24.1 Å². The number of nitrogens with one attached hydrogen (secondary N) is 2. The van der Waals surface area contributed by atoms with E-state index in [0.29, 0.717) is 6.04 Å². The van der Waals surface area contributed by atoms with Crippen LogP contribution in [0.1, 0.15) is 46.0 Å². The highest BCUT2D eigenvalue weighted by Crippen LogP contribution is 2.09. The quantitative estimate of drug-likeness (QED) is 0.682. The number of hydrogen-bond acceptors (Lipinski definition) is 2. The molecule has 2 heteroatoms. The molecule has 0 bridgehead atoms. The van der Waals surface area contributed by atoms with Gasteiger partial charge < -0.3 is 10.6 Å². The number of hydrogen-bond donors (Lipinski definition) is 2. The Hall–Kier alpha value is -0.0800. The minimum Gasteiger partial charge on any atom is -0.314 e. The summed E-state index contributed by atoms with van der Waals surface area (Å²) in [6.07, 6.45) is 6.70. The summed E-state index contributed by atoms with van der Waals surface area (Å²) in [4.78, 5) is 0. The van der Waals surface area contributed by atoms with E-state index in [-0.39, 0.29) is 0 Å². The van der Waals surface area contributed by atoms with Crippen LogP contribution in [0.3, 0.4) is 0 Å². The zero-order valence-corrected chi connectivity index (χ0v) is 9.10. The van der Waals surface area contributed by atoms with Crippen LogP contribution in [0.2, 0.25) is 0 Å². The van der Waals surface area contributed by atoms with E-state index in [1.54, 1.807) is 0 Å². The van der Waals surface area contributed by atoms with Gasteiger partial charge in [-0.25, -0.2) is 0 Å². The Balaban J connectivity index is 1.98. The van der Waals surface area contributed by atoms with Crippen LogP contribution in [-0.4, -0.2) is 25.2 Å². The molecule has 0 aromatic heterocycles. The first-order valence-electron chi connectivity index (χ1n) is 5.79. The van der Waals surface area contributed by atoms with E-state index in [4.69, 9.17) is 0 Å². The van der Waals surface area contributed by atoms with Crippen LogP contribution in [0.5, 0.6) is 0 Å². The van der Waals surface area contributed by atoms with E-state index < -0.39 is 0 Å². The van der Waals surface area contributed by atoms with Crippen LogP contribution in [0, 0.1) is 0 Å². The normalized spacial score (nSPS) is 25.8. The highest BCUT2D eigenvalue weighted by atomic mass is 14.9. The van der Waals surface area contributed by atoms with Crippen molar-refractivity contribution >= 4 is 0 Å². The van der Waals surface area contributed by atoms with Crippen LogP contribution in [-0.2, 0) is 0 Å². The molecular formula is C11H24N2. The Morgan fingerprint density at radius 3 is 2.92 bits per heavy atom. The summed E-state index contributed by atoms with van der Waals surface area (Å²) in [5, 5.41) is 7.11. The maximum Gasteiger partial charge on any atom is 0.00791 e. The fraction of sp³-hybridized carbons (Fsp3) is 1.00. The van der Waals surface area contributed by atoms with Gasteiger partial charge in [-0.3, -0.25) is 0 Å². The number of piperidine rings is 1. The van der Waals surface area contributed by atoms with Gasteiger partial charge in [0.1, 0.15) is 0 Å². The summed E-state index contributed by atoms with van der Waals surface area (Å²) in [5.74, 6) is 0. The highest BCUT2D eigenvalue weighted by molar-refractivity contribution is 4.73. The Kier molecular flexibility index (Phi) is 5.40. The van der Waals surface area contributed by atoms with Gasteiger partial charge >= 0.3 is 0 Å². The van der Waals surface area contributed by atoms with Gasteiger partial charge in [-0.05, 0) is 45.7 Å². The van der Waals surface area contributed by atoms with E-state index >= 15 is 0 Å². The molecule has 2 unspecified atom stereocenters. The lowest BCUT2D eigenvalue weighted by atomic mass is 10.0. The summed E-state index contributed by atoms with van der Waals surface area (Å²) >= 11 is 0. The molecule has 1 saturated heterocycles. The van der Waals surface area contributed by atoms with Crippen molar-refractivity contribution in [3.63, 3.8) is 0 Å². The van der Waals surface area contributed by atoms with Crippen molar-refractivity contribution in [3.8, 4) is 0 Å². The minimum absolute atomic E-state index is 0.684. The molecule has 13 heavy (non-hydrogen) atoms. The van der Waals surface area contributed by atoms with Crippen molar-refractivity contribution in [2.45, 2.75) is 58.0 Å². The van der Waals surface area contributed by atoms with Crippen molar-refractivity contribution < 1.29 is 0 Å². The zero-order chi connectivity index (χ0) is 9.52. The highest BCUT2D eigenvalue weighted by Gasteiger charge is 2.11. The summed E-state index contributed by atoms with van der Waals surface area (Å²) in [6.45, 7) is 6.89. The first-order valence-corrected chi connectivity index (χ1v) is 5.79. The molecular weight excluding hydrogens is 160 g/mol. The molecule has 0 aliphatic carbocycles. The average molecular weight is 184 g/mol. The standard InChI is InChI=1S/C11H24N2/c1-3-10(2)12-9-7-11-6-4-5-8-13-11/h10-13H,3-9H2,1-2H3. The predicted octanol–water partition coefficient (Wildman–Crippen LogP) is 1.91. The fourth-order valence-electron chi connectivity index (χ4n) is 1.82. The molecule has 0 aromatic carbocycles. The second kappa shape index (κ2) is 6.39. The SMILES string of the molecule is CCC(C)NCCC1CCCCN1. The van der Waals surface area contributed by atoms with Gasteiger partial charge in [0, 0.05) is 12.1 Å². The molecule has 2 nitrogen and oxygen atoms in total. The third kappa shape index (κ3) is 4.63. The van der Waals surface area contributed by atoms with Crippen molar-refractivity contribution in [2.24, 2.45) is 0 Å². The Labute approximate surface area is 82.5 Å². The molecule has 2 atom stereocenters. The molecule has 78 valence electrons. The van der Waals surface area contributed by atoms with Crippen molar-refractivity contribution in [1.82, 2.24) is 10.6 Å². The molecule has 1 rings (SSSR count). The summed E-state index contributed by atoms with van der Waals surface area (Å²) < 4.78 is 0. The van der Waals surface area contributed by atoms with Crippen molar-refractivity contribution in [3.05, 3.63) is 0 Å². The Morgan fingerprint density at radius 2 is 2.31 bits per heavy atom.